The van der Waals surface area contributed by atoms with Gasteiger partial charge in [-0.1, -0.05) is 36.5 Å². The Morgan fingerprint density at radius 2 is 2.14 bits per heavy atom. The fraction of sp³-hybridized carbons (Fsp3) is 0.182. The van der Waals surface area contributed by atoms with Crippen molar-refractivity contribution < 1.29 is 0 Å². The third-order valence-electron chi connectivity index (χ3n) is 1.77. The molecular weight excluding hydrogens is 210 g/mol. The van der Waals surface area contributed by atoms with E-state index in [0.717, 1.165) is 16.6 Å². The molecule has 0 heterocycles. The normalized spacial score (nSPS) is 9.50. The number of anilines is 1. The first-order valence-corrected chi connectivity index (χ1v) is 5.94. The molecule has 3 heteroatoms. The number of nitrogens with zero attached hydrogens (tertiary/aromatic N) is 1. The van der Waals surface area contributed by atoms with Gasteiger partial charge in [0.2, 0.25) is 0 Å². The second kappa shape index (κ2) is 5.83. The molecule has 0 saturated heterocycles. The first-order chi connectivity index (χ1) is 6.79. The highest BCUT2D eigenvalue weighted by atomic mass is 32.2. The summed E-state index contributed by atoms with van der Waals surface area (Å²) in [6, 6.07) is 10.1. The fourth-order valence-electron chi connectivity index (χ4n) is 1.13. The zero-order chi connectivity index (χ0) is 10.4. The lowest BCUT2D eigenvalue weighted by molar-refractivity contribution is 1.17. The molecule has 0 amide bonds. The molecule has 74 valence electrons. The van der Waals surface area contributed by atoms with Crippen LogP contribution in [0.3, 0.4) is 0 Å². The molecule has 0 atom stereocenters. The molecule has 0 aromatic heterocycles. The first kappa shape index (κ1) is 11.3. The Bertz CT molecular complexity index is 308. The Kier molecular flexibility index (Phi) is 4.70. The van der Waals surface area contributed by atoms with Crippen LogP contribution in [-0.2, 0) is 0 Å². The lowest BCUT2D eigenvalue weighted by atomic mass is 10.3. The van der Waals surface area contributed by atoms with Gasteiger partial charge >= 0.3 is 0 Å². The SMILES string of the molecule is C=CCN(C(=S)SC)c1ccccc1. The van der Waals surface area contributed by atoms with Gasteiger partial charge in [-0.05, 0) is 18.4 Å². The van der Waals surface area contributed by atoms with Crippen molar-refractivity contribution >= 4 is 34.0 Å². The summed E-state index contributed by atoms with van der Waals surface area (Å²) in [7, 11) is 0. The molecule has 0 bridgehead atoms. The Morgan fingerprint density at radius 3 is 2.64 bits per heavy atom. The number of hydrogen-bond donors (Lipinski definition) is 0. The van der Waals surface area contributed by atoms with Gasteiger partial charge in [-0.2, -0.15) is 0 Å². The third kappa shape index (κ3) is 2.86. The lowest BCUT2D eigenvalue weighted by Crippen LogP contribution is -2.26. The molecule has 1 rings (SSSR count). The zero-order valence-electron chi connectivity index (χ0n) is 8.14. The third-order valence-corrected chi connectivity index (χ3v) is 3.06. The van der Waals surface area contributed by atoms with Gasteiger partial charge in [0.25, 0.3) is 0 Å². The quantitative estimate of drug-likeness (QED) is 0.571. The molecule has 14 heavy (non-hydrogen) atoms. The van der Waals surface area contributed by atoms with Crippen molar-refractivity contribution in [2.75, 3.05) is 17.7 Å². The van der Waals surface area contributed by atoms with Crippen LogP contribution in [0.1, 0.15) is 0 Å². The van der Waals surface area contributed by atoms with Crippen molar-refractivity contribution in [3.8, 4) is 0 Å². The van der Waals surface area contributed by atoms with Crippen molar-refractivity contribution in [3.63, 3.8) is 0 Å². The van der Waals surface area contributed by atoms with E-state index >= 15 is 0 Å². The van der Waals surface area contributed by atoms with E-state index < -0.39 is 0 Å². The summed E-state index contributed by atoms with van der Waals surface area (Å²) in [6.07, 6.45) is 3.84. The smallest absolute Gasteiger partial charge is 0.140 e. The predicted molar refractivity (Wildman–Crippen MR) is 70.1 cm³/mol. The Hall–Kier alpha value is -0.800. The monoisotopic (exact) mass is 223 g/mol. The van der Waals surface area contributed by atoms with E-state index in [-0.39, 0.29) is 0 Å². The number of rotatable bonds is 3. The molecule has 1 nitrogen and oxygen atoms in total. The summed E-state index contributed by atoms with van der Waals surface area (Å²) in [5, 5.41) is 0. The van der Waals surface area contributed by atoms with Crippen LogP contribution < -0.4 is 4.90 Å². The summed E-state index contributed by atoms with van der Waals surface area (Å²) in [4.78, 5) is 2.06. The standard InChI is InChI=1S/C11H13NS2/c1-3-9-12(11(13)14-2)10-7-5-4-6-8-10/h3-8H,1,9H2,2H3. The Morgan fingerprint density at radius 1 is 1.50 bits per heavy atom. The van der Waals surface area contributed by atoms with Gasteiger partial charge in [-0.3, -0.25) is 0 Å². The van der Waals surface area contributed by atoms with Crippen molar-refractivity contribution in [3.05, 3.63) is 43.0 Å². The minimum atomic E-state index is 0.754. The molecule has 0 fully saturated rings. The summed E-state index contributed by atoms with van der Waals surface area (Å²) in [5.41, 5.74) is 1.12. The van der Waals surface area contributed by atoms with E-state index in [1.807, 2.05) is 42.7 Å². The van der Waals surface area contributed by atoms with Gasteiger partial charge in [-0.15, -0.1) is 18.3 Å². The molecule has 0 aliphatic rings. The maximum atomic E-state index is 5.27. The average molecular weight is 223 g/mol. The van der Waals surface area contributed by atoms with Crippen LogP contribution in [0.4, 0.5) is 5.69 Å². The number of thioether (sulfide) groups is 1. The van der Waals surface area contributed by atoms with Gasteiger partial charge in [0, 0.05) is 12.2 Å². The zero-order valence-corrected chi connectivity index (χ0v) is 9.78. The molecule has 1 aromatic carbocycles. The van der Waals surface area contributed by atoms with Gasteiger partial charge < -0.3 is 4.90 Å². The van der Waals surface area contributed by atoms with Crippen LogP contribution >= 0.6 is 24.0 Å². The van der Waals surface area contributed by atoms with E-state index in [0.29, 0.717) is 0 Å². The minimum Gasteiger partial charge on any atom is -0.323 e. The van der Waals surface area contributed by atoms with Crippen molar-refractivity contribution in [2.45, 2.75) is 0 Å². The average Bonchev–Trinajstić information content (AvgIpc) is 2.26. The second-order valence-corrected chi connectivity index (χ2v) is 4.14. The number of thiocarbonyl (C=S) groups is 1. The molecule has 0 unspecified atom stereocenters. The van der Waals surface area contributed by atoms with Gasteiger partial charge in [0.15, 0.2) is 0 Å². The Labute approximate surface area is 94.8 Å². The second-order valence-electron chi connectivity index (χ2n) is 2.70. The highest BCUT2D eigenvalue weighted by Gasteiger charge is 2.08. The van der Waals surface area contributed by atoms with E-state index in [2.05, 4.69) is 11.5 Å². The first-order valence-electron chi connectivity index (χ1n) is 4.31. The number of benzene rings is 1. The highest BCUT2D eigenvalue weighted by molar-refractivity contribution is 8.22. The van der Waals surface area contributed by atoms with Crippen LogP contribution in [0.5, 0.6) is 0 Å². The Balaban J connectivity index is 2.88. The van der Waals surface area contributed by atoms with Crippen LogP contribution in [0.15, 0.2) is 43.0 Å². The minimum absolute atomic E-state index is 0.754. The van der Waals surface area contributed by atoms with E-state index in [1.54, 1.807) is 11.8 Å². The maximum absolute atomic E-state index is 5.27. The predicted octanol–water partition coefficient (Wildman–Crippen LogP) is 3.33. The van der Waals surface area contributed by atoms with Gasteiger partial charge in [-0.25, -0.2) is 0 Å². The molecule has 1 aromatic rings. The van der Waals surface area contributed by atoms with Crippen LogP contribution in [0, 0.1) is 0 Å². The topological polar surface area (TPSA) is 3.24 Å². The molecule has 0 radical (unpaired) electrons. The summed E-state index contributed by atoms with van der Waals surface area (Å²) in [6.45, 7) is 4.49. The molecule has 0 spiro atoms. The van der Waals surface area contributed by atoms with Gasteiger partial charge in [0.05, 0.1) is 0 Å². The van der Waals surface area contributed by atoms with Crippen molar-refractivity contribution in [2.24, 2.45) is 0 Å². The molecular formula is C11H13NS2. The van der Waals surface area contributed by atoms with Gasteiger partial charge in [0.1, 0.15) is 4.32 Å². The molecule has 0 N–H and O–H groups in total. The van der Waals surface area contributed by atoms with E-state index in [9.17, 15) is 0 Å². The molecule has 0 saturated carbocycles. The largest absolute Gasteiger partial charge is 0.323 e. The summed E-state index contributed by atoms with van der Waals surface area (Å²) in [5.74, 6) is 0. The number of hydrogen-bond acceptors (Lipinski definition) is 2. The molecule has 0 aliphatic carbocycles. The van der Waals surface area contributed by atoms with Crippen molar-refractivity contribution in [1.29, 1.82) is 0 Å². The van der Waals surface area contributed by atoms with Crippen molar-refractivity contribution in [1.82, 2.24) is 0 Å². The van der Waals surface area contributed by atoms with Crippen LogP contribution in [0.2, 0.25) is 0 Å². The van der Waals surface area contributed by atoms with E-state index in [4.69, 9.17) is 12.2 Å². The lowest BCUT2D eigenvalue weighted by Gasteiger charge is -2.22. The van der Waals surface area contributed by atoms with E-state index in [1.165, 1.54) is 0 Å². The summed E-state index contributed by atoms with van der Waals surface area (Å²) < 4.78 is 0.871. The maximum Gasteiger partial charge on any atom is 0.140 e. The van der Waals surface area contributed by atoms with Crippen LogP contribution in [-0.4, -0.2) is 17.1 Å². The fourth-order valence-corrected chi connectivity index (χ4v) is 1.71. The van der Waals surface area contributed by atoms with Crippen LogP contribution in [0.25, 0.3) is 0 Å². The summed E-state index contributed by atoms with van der Waals surface area (Å²) >= 11 is 6.84. The molecule has 0 aliphatic heterocycles. The highest BCUT2D eigenvalue weighted by Crippen LogP contribution is 2.17. The number of para-hydroxylation sites is 1.